The van der Waals surface area contributed by atoms with Gasteiger partial charge in [0.1, 0.15) is 5.75 Å². The zero-order valence-electron chi connectivity index (χ0n) is 20.2. The molecule has 1 aromatic heterocycles. The van der Waals surface area contributed by atoms with Crippen LogP contribution < -0.4 is 4.74 Å². The summed E-state index contributed by atoms with van der Waals surface area (Å²) >= 11 is 6.27. The molecule has 34 heavy (non-hydrogen) atoms. The molecule has 0 aliphatic rings. The van der Waals surface area contributed by atoms with Crippen molar-refractivity contribution >= 4 is 11.6 Å². The Morgan fingerprint density at radius 2 is 1.91 bits per heavy atom. The third-order valence-corrected chi connectivity index (χ3v) is 5.40. The first-order valence-electron chi connectivity index (χ1n) is 11.5. The molecule has 7 heteroatoms. The number of rotatable bonds is 13. The molecule has 1 unspecified atom stereocenters. The number of aromatic nitrogens is 2. The lowest BCUT2D eigenvalue weighted by atomic mass is 10.1. The summed E-state index contributed by atoms with van der Waals surface area (Å²) in [6.45, 7) is 12.5. The largest absolute Gasteiger partial charge is 0.439 e. The van der Waals surface area contributed by atoms with Crippen LogP contribution in [0.25, 0.3) is 5.69 Å². The zero-order valence-corrected chi connectivity index (χ0v) is 20.9. The quantitative estimate of drug-likeness (QED) is 0.251. The lowest BCUT2D eigenvalue weighted by Gasteiger charge is -2.27. The fourth-order valence-corrected chi connectivity index (χ4v) is 3.97. The second-order valence-electron chi connectivity index (χ2n) is 8.74. The minimum Gasteiger partial charge on any atom is -0.439 e. The minimum absolute atomic E-state index is 0.259. The molecule has 2 aromatic carbocycles. The highest BCUT2D eigenvalue weighted by molar-refractivity contribution is 6.30. The molecule has 0 fully saturated rings. The first kappa shape index (κ1) is 26.0. The number of aliphatic hydroxyl groups is 1. The van der Waals surface area contributed by atoms with Crippen LogP contribution >= 0.6 is 11.6 Å². The van der Waals surface area contributed by atoms with Gasteiger partial charge in [-0.2, -0.15) is 5.10 Å². The van der Waals surface area contributed by atoms with Crippen molar-refractivity contribution in [1.82, 2.24) is 14.7 Å². The van der Waals surface area contributed by atoms with Gasteiger partial charge in [0.05, 0.1) is 36.3 Å². The molecule has 0 amide bonds. The Bertz CT molecular complexity index is 1050. The summed E-state index contributed by atoms with van der Waals surface area (Å²) in [7, 11) is 0. The molecule has 3 rings (SSSR count). The molecular weight excluding hydrogens is 450 g/mol. The Morgan fingerprint density at radius 1 is 1.15 bits per heavy atom. The van der Waals surface area contributed by atoms with E-state index in [2.05, 4.69) is 25.3 Å². The van der Waals surface area contributed by atoms with E-state index in [0.29, 0.717) is 36.5 Å². The summed E-state index contributed by atoms with van der Waals surface area (Å²) in [6.07, 6.45) is 1.07. The van der Waals surface area contributed by atoms with Crippen molar-refractivity contribution in [2.45, 2.75) is 33.4 Å². The first-order valence-corrected chi connectivity index (χ1v) is 11.9. The molecule has 1 heterocycles. The molecule has 0 saturated carbocycles. The van der Waals surface area contributed by atoms with Crippen LogP contribution in [0.5, 0.6) is 11.6 Å². The number of halogens is 1. The van der Waals surface area contributed by atoms with Crippen LogP contribution in [-0.2, 0) is 11.3 Å². The van der Waals surface area contributed by atoms with Gasteiger partial charge in [0, 0.05) is 24.7 Å². The molecule has 0 spiro atoms. The van der Waals surface area contributed by atoms with Gasteiger partial charge in [0.2, 0.25) is 5.88 Å². The number of ether oxygens (including phenoxy) is 2. The van der Waals surface area contributed by atoms with E-state index in [1.54, 1.807) is 10.8 Å². The molecule has 0 radical (unpaired) electrons. The van der Waals surface area contributed by atoms with E-state index in [-0.39, 0.29) is 6.61 Å². The van der Waals surface area contributed by atoms with Crippen molar-refractivity contribution in [2.24, 2.45) is 5.92 Å². The fraction of sp³-hybridized carbons (Fsp3) is 0.370. The highest BCUT2D eigenvalue weighted by Crippen LogP contribution is 2.32. The highest BCUT2D eigenvalue weighted by Gasteiger charge is 2.23. The lowest BCUT2D eigenvalue weighted by Crippen LogP contribution is -2.37. The average molecular weight is 484 g/mol. The van der Waals surface area contributed by atoms with E-state index in [4.69, 9.17) is 26.2 Å². The van der Waals surface area contributed by atoms with Gasteiger partial charge in [0.25, 0.3) is 0 Å². The molecular formula is C27H34ClN3O3. The number of hydrogen-bond donors (Lipinski definition) is 1. The third kappa shape index (κ3) is 7.43. The number of hydrogen-bond acceptors (Lipinski definition) is 5. The van der Waals surface area contributed by atoms with Crippen molar-refractivity contribution in [3.8, 4) is 17.3 Å². The average Bonchev–Trinajstić information content (AvgIpc) is 3.09. The van der Waals surface area contributed by atoms with Crippen LogP contribution in [0.15, 0.2) is 67.3 Å². The summed E-state index contributed by atoms with van der Waals surface area (Å²) in [4.78, 5) is 2.22. The highest BCUT2D eigenvalue weighted by atomic mass is 35.5. The van der Waals surface area contributed by atoms with E-state index >= 15 is 0 Å². The Kier molecular flexibility index (Phi) is 9.72. The number of nitrogens with zero attached hydrogens (tertiary/aromatic N) is 3. The summed E-state index contributed by atoms with van der Waals surface area (Å²) in [5, 5.41) is 16.0. The maximum atomic E-state index is 10.6. The van der Waals surface area contributed by atoms with Crippen molar-refractivity contribution in [2.75, 3.05) is 26.3 Å². The Balaban J connectivity index is 1.94. The summed E-state index contributed by atoms with van der Waals surface area (Å²) in [5.41, 5.74) is 2.64. The molecule has 0 aliphatic carbocycles. The predicted molar refractivity (Wildman–Crippen MR) is 137 cm³/mol. The fourth-order valence-electron chi connectivity index (χ4n) is 3.79. The van der Waals surface area contributed by atoms with Crippen molar-refractivity contribution in [3.63, 3.8) is 0 Å². The smallest absolute Gasteiger partial charge is 0.227 e. The summed E-state index contributed by atoms with van der Waals surface area (Å²) < 4.78 is 13.6. The van der Waals surface area contributed by atoms with Gasteiger partial charge in [-0.05, 0) is 43.2 Å². The monoisotopic (exact) mass is 483 g/mol. The Labute approximate surface area is 207 Å². The Morgan fingerprint density at radius 3 is 2.59 bits per heavy atom. The predicted octanol–water partition coefficient (Wildman–Crippen LogP) is 5.65. The number of para-hydroxylation sites is 1. The lowest BCUT2D eigenvalue weighted by molar-refractivity contribution is 0.0222. The number of aliphatic hydroxyl groups excluding tert-OH is 1. The van der Waals surface area contributed by atoms with E-state index in [1.165, 1.54) is 0 Å². The van der Waals surface area contributed by atoms with Gasteiger partial charge >= 0.3 is 0 Å². The van der Waals surface area contributed by atoms with Crippen LogP contribution in [0.2, 0.25) is 5.02 Å². The summed E-state index contributed by atoms with van der Waals surface area (Å²) in [5.74, 6) is 1.78. The maximum Gasteiger partial charge on any atom is 0.227 e. The van der Waals surface area contributed by atoms with Crippen molar-refractivity contribution in [3.05, 3.63) is 83.5 Å². The second-order valence-corrected chi connectivity index (χ2v) is 9.18. The normalized spacial score (nSPS) is 12.3. The molecule has 0 aliphatic heterocycles. The number of benzene rings is 2. The molecule has 1 N–H and O–H groups in total. The SMILES string of the molecule is C=CCOCC(O)CN(Cc1c(C)nn(-c2cccc(Cl)c2)c1Oc1ccccc1)CC(C)C. The maximum absolute atomic E-state index is 10.6. The van der Waals surface area contributed by atoms with Gasteiger partial charge in [-0.3, -0.25) is 4.90 Å². The van der Waals surface area contributed by atoms with Crippen molar-refractivity contribution in [1.29, 1.82) is 0 Å². The van der Waals surface area contributed by atoms with Gasteiger partial charge in [-0.1, -0.05) is 55.8 Å². The molecule has 0 bridgehead atoms. The Hall–Kier alpha value is -2.64. The van der Waals surface area contributed by atoms with Gasteiger partial charge in [-0.15, -0.1) is 6.58 Å². The molecule has 3 aromatic rings. The van der Waals surface area contributed by atoms with Crippen molar-refractivity contribution < 1.29 is 14.6 Å². The molecule has 0 saturated heterocycles. The van der Waals surface area contributed by atoms with E-state index in [1.807, 2.05) is 61.5 Å². The van der Waals surface area contributed by atoms with E-state index in [0.717, 1.165) is 29.2 Å². The second kappa shape index (κ2) is 12.7. The van der Waals surface area contributed by atoms with Crippen LogP contribution in [0.1, 0.15) is 25.1 Å². The number of aryl methyl sites for hydroxylation is 1. The molecule has 182 valence electrons. The minimum atomic E-state index is -0.611. The zero-order chi connectivity index (χ0) is 24.5. The van der Waals surface area contributed by atoms with Crippen LogP contribution in [0, 0.1) is 12.8 Å². The first-order chi connectivity index (χ1) is 16.4. The van der Waals surface area contributed by atoms with Crippen LogP contribution in [0.4, 0.5) is 0 Å². The molecule has 6 nitrogen and oxygen atoms in total. The van der Waals surface area contributed by atoms with E-state index < -0.39 is 6.10 Å². The third-order valence-electron chi connectivity index (χ3n) is 5.17. The topological polar surface area (TPSA) is 59.8 Å². The van der Waals surface area contributed by atoms with Crippen LogP contribution in [-0.4, -0.2) is 52.2 Å². The van der Waals surface area contributed by atoms with Gasteiger partial charge in [-0.25, -0.2) is 4.68 Å². The van der Waals surface area contributed by atoms with Gasteiger partial charge < -0.3 is 14.6 Å². The van der Waals surface area contributed by atoms with Gasteiger partial charge in [0.15, 0.2) is 0 Å². The van der Waals surface area contributed by atoms with E-state index in [9.17, 15) is 5.11 Å². The van der Waals surface area contributed by atoms with Crippen LogP contribution in [0.3, 0.4) is 0 Å². The molecule has 1 atom stereocenters. The standard InChI is InChI=1S/C27H34ClN3O3/c1-5-14-33-19-24(32)17-30(16-20(2)3)18-26-21(4)29-31(23-11-9-10-22(28)15-23)27(26)34-25-12-7-6-8-13-25/h5-13,15,20,24,32H,1,14,16-19H2,2-4H3. The summed E-state index contributed by atoms with van der Waals surface area (Å²) in [6, 6.07) is 17.2.